The van der Waals surface area contributed by atoms with Crippen molar-refractivity contribution in [3.05, 3.63) is 0 Å². The second-order valence-electron chi connectivity index (χ2n) is 17.1. The fraction of sp³-hybridized carbons (Fsp3) is 0.977. The van der Waals surface area contributed by atoms with Crippen LogP contribution in [0.25, 0.3) is 0 Å². The minimum Gasteiger partial charge on any atom is -0.756 e. The average molecular weight is 775 g/mol. The zero-order valence-electron chi connectivity index (χ0n) is 36.0. The van der Waals surface area contributed by atoms with Crippen LogP contribution in [-0.2, 0) is 18.4 Å². The minimum atomic E-state index is -4.53. The number of phosphoric ester groups is 1. The third kappa shape index (κ3) is 39.5. The van der Waals surface area contributed by atoms with E-state index in [4.69, 9.17) is 9.05 Å². The predicted octanol–water partition coefficient (Wildman–Crippen LogP) is 12.0. The van der Waals surface area contributed by atoms with Crippen LogP contribution >= 0.6 is 7.82 Å². The Kier molecular flexibility index (Phi) is 36.7. The Morgan fingerprint density at radius 2 is 0.925 bits per heavy atom. The molecule has 1 amide bonds. The number of rotatable bonds is 42. The lowest BCUT2D eigenvalue weighted by Crippen LogP contribution is -2.46. The number of likely N-dealkylation sites (N-methyl/N-ethyl adjacent to an activating group) is 1. The normalized spacial score (nSPS) is 14.3. The van der Waals surface area contributed by atoms with E-state index in [0.717, 1.165) is 38.5 Å². The monoisotopic (exact) mass is 775 g/mol. The molecule has 0 fully saturated rings. The van der Waals surface area contributed by atoms with Gasteiger partial charge in [-0.15, -0.1) is 0 Å². The molecule has 8 nitrogen and oxygen atoms in total. The predicted molar refractivity (Wildman–Crippen MR) is 224 cm³/mol. The molecule has 9 heteroatoms. The molecule has 0 radical (unpaired) electrons. The highest BCUT2D eigenvalue weighted by molar-refractivity contribution is 7.45. The van der Waals surface area contributed by atoms with Crippen molar-refractivity contribution >= 4 is 13.7 Å². The summed E-state index contributed by atoms with van der Waals surface area (Å²) in [6.07, 6.45) is 40.8. The van der Waals surface area contributed by atoms with E-state index in [1.54, 1.807) is 0 Å². The van der Waals surface area contributed by atoms with E-state index in [0.29, 0.717) is 23.9 Å². The van der Waals surface area contributed by atoms with Crippen LogP contribution < -0.4 is 10.2 Å². The standard InChI is InChI=1S/C44H91N2O6P/c1-6-8-10-11-12-13-14-15-16-17-18-19-20-21-22-23-24-25-26-27-28-29-30-31-32-33-34-36-38-44(48)45-42(43(47)37-35-9-7-2)41-52-53(49,50)51-40-39-46(3,4)5/h42-43,47H,6-41H2,1-5H3,(H-,45,48,49,50). The van der Waals surface area contributed by atoms with Crippen LogP contribution in [0.5, 0.6) is 0 Å². The Morgan fingerprint density at radius 3 is 1.28 bits per heavy atom. The molecule has 0 aliphatic carbocycles. The van der Waals surface area contributed by atoms with Crippen molar-refractivity contribution in [1.82, 2.24) is 5.32 Å². The van der Waals surface area contributed by atoms with E-state index in [1.807, 2.05) is 21.1 Å². The van der Waals surface area contributed by atoms with E-state index in [-0.39, 0.29) is 19.1 Å². The number of amides is 1. The summed E-state index contributed by atoms with van der Waals surface area (Å²) >= 11 is 0. The molecule has 0 aromatic carbocycles. The molecule has 53 heavy (non-hydrogen) atoms. The third-order valence-electron chi connectivity index (χ3n) is 10.6. The Balaban J connectivity index is 3.74. The molecule has 0 saturated carbocycles. The Morgan fingerprint density at radius 1 is 0.585 bits per heavy atom. The van der Waals surface area contributed by atoms with Gasteiger partial charge in [0, 0.05) is 6.42 Å². The van der Waals surface area contributed by atoms with Crippen molar-refractivity contribution in [2.75, 3.05) is 40.9 Å². The van der Waals surface area contributed by atoms with Crippen LogP contribution in [0.1, 0.15) is 226 Å². The number of carbonyl (C=O) groups excluding carboxylic acids is 1. The second-order valence-corrected chi connectivity index (χ2v) is 18.5. The van der Waals surface area contributed by atoms with Gasteiger partial charge in [-0.3, -0.25) is 9.36 Å². The van der Waals surface area contributed by atoms with Crippen molar-refractivity contribution in [3.63, 3.8) is 0 Å². The number of aliphatic hydroxyl groups excluding tert-OH is 1. The number of unbranched alkanes of at least 4 members (excludes halogenated alkanes) is 29. The molecule has 0 saturated heterocycles. The molecular formula is C44H91N2O6P. The molecule has 0 heterocycles. The van der Waals surface area contributed by atoms with Gasteiger partial charge in [-0.2, -0.15) is 0 Å². The first-order valence-electron chi connectivity index (χ1n) is 22.9. The smallest absolute Gasteiger partial charge is 0.268 e. The number of quaternary nitrogens is 1. The van der Waals surface area contributed by atoms with Crippen LogP contribution in [0, 0.1) is 0 Å². The van der Waals surface area contributed by atoms with E-state index in [2.05, 4.69) is 19.2 Å². The topological polar surface area (TPSA) is 108 Å². The molecule has 0 rings (SSSR count). The number of carbonyl (C=O) groups is 1. The second kappa shape index (κ2) is 37.1. The molecule has 0 aromatic rings. The summed E-state index contributed by atoms with van der Waals surface area (Å²) in [5, 5.41) is 13.5. The van der Waals surface area contributed by atoms with E-state index in [1.165, 1.54) is 161 Å². The van der Waals surface area contributed by atoms with Gasteiger partial charge in [-0.05, 0) is 12.8 Å². The molecule has 318 valence electrons. The van der Waals surface area contributed by atoms with Crippen molar-refractivity contribution in [2.24, 2.45) is 0 Å². The Labute approximate surface area is 329 Å². The van der Waals surface area contributed by atoms with Crippen LogP contribution in [0.15, 0.2) is 0 Å². The van der Waals surface area contributed by atoms with Gasteiger partial charge in [0.15, 0.2) is 0 Å². The molecule has 3 atom stereocenters. The highest BCUT2D eigenvalue weighted by atomic mass is 31.2. The van der Waals surface area contributed by atoms with Crippen molar-refractivity contribution < 1.29 is 32.9 Å². The van der Waals surface area contributed by atoms with E-state index >= 15 is 0 Å². The quantitative estimate of drug-likeness (QED) is 0.0363. The molecule has 0 bridgehead atoms. The number of hydrogen-bond donors (Lipinski definition) is 2. The van der Waals surface area contributed by atoms with Gasteiger partial charge < -0.3 is 28.8 Å². The SMILES string of the molecule is CCCCCCCCCCCCCCCCCCCCCCCCCCCCCCC(=O)NC(COP(=O)([O-])OCC[N+](C)(C)C)C(O)CCCCC. The summed E-state index contributed by atoms with van der Waals surface area (Å²) in [7, 11) is 1.31. The summed E-state index contributed by atoms with van der Waals surface area (Å²) in [5.41, 5.74) is 0. The minimum absolute atomic E-state index is 0.0139. The zero-order valence-corrected chi connectivity index (χ0v) is 36.9. The van der Waals surface area contributed by atoms with Crippen LogP contribution in [0.3, 0.4) is 0 Å². The lowest BCUT2D eigenvalue weighted by molar-refractivity contribution is -0.870. The van der Waals surface area contributed by atoms with Crippen molar-refractivity contribution in [1.29, 1.82) is 0 Å². The first kappa shape index (κ1) is 52.5. The van der Waals surface area contributed by atoms with Gasteiger partial charge >= 0.3 is 0 Å². The summed E-state index contributed by atoms with van der Waals surface area (Å²) in [6.45, 7) is 4.57. The molecule has 0 spiro atoms. The van der Waals surface area contributed by atoms with Gasteiger partial charge in [0.2, 0.25) is 5.91 Å². The number of hydrogen-bond acceptors (Lipinski definition) is 6. The molecule has 0 aliphatic heterocycles. The lowest BCUT2D eigenvalue weighted by atomic mass is 10.0. The largest absolute Gasteiger partial charge is 0.756 e. The number of aliphatic hydroxyl groups is 1. The summed E-state index contributed by atoms with van der Waals surface area (Å²) < 4.78 is 22.9. The highest BCUT2D eigenvalue weighted by Crippen LogP contribution is 2.38. The average Bonchev–Trinajstić information content (AvgIpc) is 3.10. The van der Waals surface area contributed by atoms with Crippen molar-refractivity contribution in [3.8, 4) is 0 Å². The van der Waals surface area contributed by atoms with Gasteiger partial charge in [0.25, 0.3) is 7.82 Å². The number of phosphoric acid groups is 1. The molecule has 0 aromatic heterocycles. The lowest BCUT2D eigenvalue weighted by Gasteiger charge is -2.30. The van der Waals surface area contributed by atoms with Gasteiger partial charge in [0.05, 0.1) is 39.9 Å². The fourth-order valence-electron chi connectivity index (χ4n) is 6.92. The maximum Gasteiger partial charge on any atom is 0.268 e. The molecular weight excluding hydrogens is 683 g/mol. The van der Waals surface area contributed by atoms with Gasteiger partial charge in [-0.25, -0.2) is 0 Å². The molecule has 0 aliphatic rings. The Bertz CT molecular complexity index is 839. The molecule has 2 N–H and O–H groups in total. The maximum atomic E-state index is 12.7. The van der Waals surface area contributed by atoms with Gasteiger partial charge in [0.1, 0.15) is 13.2 Å². The van der Waals surface area contributed by atoms with Crippen LogP contribution in [0.4, 0.5) is 0 Å². The third-order valence-corrected chi connectivity index (χ3v) is 11.6. The first-order chi connectivity index (χ1) is 25.5. The molecule has 3 unspecified atom stereocenters. The highest BCUT2D eigenvalue weighted by Gasteiger charge is 2.24. The first-order valence-corrected chi connectivity index (χ1v) is 24.3. The maximum absolute atomic E-state index is 12.7. The summed E-state index contributed by atoms with van der Waals surface area (Å²) in [4.78, 5) is 25.0. The zero-order chi connectivity index (χ0) is 39.3. The van der Waals surface area contributed by atoms with Crippen LogP contribution in [-0.4, -0.2) is 68.5 Å². The van der Waals surface area contributed by atoms with E-state index < -0.39 is 20.0 Å². The number of nitrogens with zero attached hydrogens (tertiary/aromatic N) is 1. The van der Waals surface area contributed by atoms with Crippen molar-refractivity contribution in [2.45, 2.75) is 238 Å². The van der Waals surface area contributed by atoms with Crippen LogP contribution in [0.2, 0.25) is 0 Å². The van der Waals surface area contributed by atoms with Gasteiger partial charge in [-0.1, -0.05) is 206 Å². The van der Waals surface area contributed by atoms with E-state index in [9.17, 15) is 19.4 Å². The summed E-state index contributed by atoms with van der Waals surface area (Å²) in [5.74, 6) is -0.172. The number of nitrogens with one attached hydrogen (secondary N) is 1. The Hall–Kier alpha value is -0.500. The fourth-order valence-corrected chi connectivity index (χ4v) is 7.65. The summed E-state index contributed by atoms with van der Waals surface area (Å²) in [6, 6.07) is -0.789.